The van der Waals surface area contributed by atoms with Crippen LogP contribution in [0.2, 0.25) is 0 Å². The molecule has 21 heavy (non-hydrogen) atoms. The predicted molar refractivity (Wildman–Crippen MR) is 80.8 cm³/mol. The Bertz CT molecular complexity index is 547. The second-order valence-electron chi connectivity index (χ2n) is 5.67. The predicted octanol–water partition coefficient (Wildman–Crippen LogP) is 3.24. The van der Waals surface area contributed by atoms with Gasteiger partial charge in [-0.05, 0) is 31.2 Å². The van der Waals surface area contributed by atoms with E-state index in [1.165, 1.54) is 5.56 Å². The van der Waals surface area contributed by atoms with Crippen molar-refractivity contribution in [2.75, 3.05) is 13.2 Å². The molecule has 2 heterocycles. The van der Waals surface area contributed by atoms with Crippen LogP contribution in [0.5, 0.6) is 0 Å². The fraction of sp³-hybridized carbons (Fsp3) is 0.471. The number of nitrogens with one attached hydrogen (secondary N) is 1. The summed E-state index contributed by atoms with van der Waals surface area (Å²) in [6.07, 6.45) is 4.01. The van der Waals surface area contributed by atoms with Crippen molar-refractivity contribution in [3.05, 3.63) is 53.7 Å². The van der Waals surface area contributed by atoms with Crippen LogP contribution < -0.4 is 5.32 Å². The number of hydrogen-bond donors (Lipinski definition) is 1. The van der Waals surface area contributed by atoms with Crippen LogP contribution >= 0.6 is 0 Å². The van der Waals surface area contributed by atoms with E-state index in [-0.39, 0.29) is 0 Å². The highest BCUT2D eigenvalue weighted by molar-refractivity contribution is 5.19. The average Bonchev–Trinajstić information content (AvgIpc) is 3.16. The van der Waals surface area contributed by atoms with E-state index in [0.29, 0.717) is 18.5 Å². The van der Waals surface area contributed by atoms with Gasteiger partial charge < -0.3 is 14.5 Å². The van der Waals surface area contributed by atoms with Gasteiger partial charge in [0.25, 0.3) is 0 Å². The molecule has 2 atom stereocenters. The van der Waals surface area contributed by atoms with Gasteiger partial charge in [-0.15, -0.1) is 0 Å². The van der Waals surface area contributed by atoms with Crippen molar-refractivity contribution in [2.24, 2.45) is 5.92 Å². The number of benzene rings is 1. The molecule has 4 heteroatoms. The lowest BCUT2D eigenvalue weighted by atomic mass is 9.94. The molecule has 1 fully saturated rings. The topological polar surface area (TPSA) is 47.3 Å². The van der Waals surface area contributed by atoms with Gasteiger partial charge in [-0.1, -0.05) is 30.3 Å². The fourth-order valence-electron chi connectivity index (χ4n) is 2.82. The molecule has 0 aliphatic carbocycles. The molecule has 1 N–H and O–H groups in total. The molecule has 0 amide bonds. The number of aryl methyl sites for hydroxylation is 1. The van der Waals surface area contributed by atoms with Gasteiger partial charge in [0.1, 0.15) is 5.76 Å². The molecule has 0 saturated carbocycles. The van der Waals surface area contributed by atoms with Crippen molar-refractivity contribution in [3.63, 3.8) is 0 Å². The highest BCUT2D eigenvalue weighted by atomic mass is 16.5. The molecule has 1 saturated heterocycles. The summed E-state index contributed by atoms with van der Waals surface area (Å²) >= 11 is 0. The Balaban J connectivity index is 1.66. The Labute approximate surface area is 125 Å². The highest BCUT2D eigenvalue weighted by Gasteiger charge is 2.22. The van der Waals surface area contributed by atoms with Crippen molar-refractivity contribution < 1.29 is 9.15 Å². The zero-order chi connectivity index (χ0) is 14.5. The molecule has 0 radical (unpaired) electrons. The average molecular weight is 286 g/mol. The van der Waals surface area contributed by atoms with Gasteiger partial charge in [0, 0.05) is 19.3 Å². The molecule has 0 unspecified atom stereocenters. The molecule has 0 spiro atoms. The molecule has 3 rings (SSSR count). The van der Waals surface area contributed by atoms with Crippen molar-refractivity contribution in [2.45, 2.75) is 32.4 Å². The van der Waals surface area contributed by atoms with Crippen molar-refractivity contribution in [1.82, 2.24) is 10.3 Å². The van der Waals surface area contributed by atoms with Crippen LogP contribution in [0.3, 0.4) is 0 Å². The van der Waals surface area contributed by atoms with Crippen molar-refractivity contribution in [3.8, 4) is 0 Å². The minimum Gasteiger partial charge on any atom is -0.445 e. The van der Waals surface area contributed by atoms with E-state index >= 15 is 0 Å². The molecular weight excluding hydrogens is 264 g/mol. The maximum Gasteiger partial charge on any atom is 0.208 e. The Hall–Kier alpha value is -1.65. The van der Waals surface area contributed by atoms with Crippen LogP contribution in [-0.2, 0) is 11.3 Å². The Morgan fingerprint density at radius 2 is 2.19 bits per heavy atom. The summed E-state index contributed by atoms with van der Waals surface area (Å²) < 4.78 is 11.0. The molecule has 0 bridgehead atoms. The normalized spacial score (nSPS) is 19.8. The van der Waals surface area contributed by atoms with E-state index in [9.17, 15) is 0 Å². The van der Waals surface area contributed by atoms with E-state index in [4.69, 9.17) is 9.15 Å². The smallest absolute Gasteiger partial charge is 0.208 e. The summed E-state index contributed by atoms with van der Waals surface area (Å²) in [5.74, 6) is 2.23. The van der Waals surface area contributed by atoms with Crippen LogP contribution in [0.1, 0.15) is 36.1 Å². The van der Waals surface area contributed by atoms with Crippen LogP contribution in [0, 0.1) is 12.8 Å². The minimum atomic E-state index is 0.310. The van der Waals surface area contributed by atoms with Gasteiger partial charge in [0.2, 0.25) is 5.89 Å². The number of hydrogen-bond acceptors (Lipinski definition) is 4. The molecule has 2 aromatic rings. The number of ether oxygens (including phenoxy) is 1. The van der Waals surface area contributed by atoms with Gasteiger partial charge in [-0.3, -0.25) is 0 Å². The third-order valence-electron chi connectivity index (χ3n) is 3.96. The van der Waals surface area contributed by atoms with Crippen LogP contribution in [0.15, 0.2) is 40.9 Å². The maximum absolute atomic E-state index is 5.54. The van der Waals surface area contributed by atoms with Gasteiger partial charge in [0.05, 0.1) is 12.7 Å². The van der Waals surface area contributed by atoms with Crippen LogP contribution in [-0.4, -0.2) is 18.2 Å². The van der Waals surface area contributed by atoms with E-state index in [2.05, 4.69) is 40.6 Å². The monoisotopic (exact) mass is 286 g/mol. The molecule has 1 aromatic heterocycles. The Kier molecular flexibility index (Phi) is 4.68. The second-order valence-corrected chi connectivity index (χ2v) is 5.67. The van der Waals surface area contributed by atoms with Gasteiger partial charge >= 0.3 is 0 Å². The maximum atomic E-state index is 5.54. The summed E-state index contributed by atoms with van der Waals surface area (Å²) in [5, 5.41) is 3.58. The van der Waals surface area contributed by atoms with Gasteiger partial charge in [0.15, 0.2) is 0 Å². The first kappa shape index (κ1) is 14.3. The van der Waals surface area contributed by atoms with Crippen LogP contribution in [0.4, 0.5) is 0 Å². The second kappa shape index (κ2) is 6.87. The molecular formula is C17H22N2O2. The largest absolute Gasteiger partial charge is 0.445 e. The lowest BCUT2D eigenvalue weighted by Crippen LogP contribution is -2.24. The Morgan fingerprint density at radius 1 is 1.33 bits per heavy atom. The number of aromatic nitrogens is 1. The molecule has 112 valence electrons. The highest BCUT2D eigenvalue weighted by Crippen LogP contribution is 2.26. The van der Waals surface area contributed by atoms with E-state index in [1.54, 1.807) is 6.20 Å². The zero-order valence-corrected chi connectivity index (χ0v) is 12.4. The van der Waals surface area contributed by atoms with Crippen LogP contribution in [0.25, 0.3) is 0 Å². The van der Waals surface area contributed by atoms with Gasteiger partial charge in [-0.2, -0.15) is 0 Å². The summed E-state index contributed by atoms with van der Waals surface area (Å²) in [6, 6.07) is 10.9. The van der Waals surface area contributed by atoms with E-state index in [1.807, 2.05) is 6.92 Å². The molecule has 1 aromatic carbocycles. The quantitative estimate of drug-likeness (QED) is 0.885. The summed E-state index contributed by atoms with van der Waals surface area (Å²) in [6.45, 7) is 4.34. The van der Waals surface area contributed by atoms with Crippen molar-refractivity contribution >= 4 is 0 Å². The third kappa shape index (κ3) is 3.93. The first-order chi connectivity index (χ1) is 10.3. The van der Waals surface area contributed by atoms with E-state index in [0.717, 1.165) is 37.7 Å². The summed E-state index contributed by atoms with van der Waals surface area (Å²) in [4.78, 5) is 4.26. The Morgan fingerprint density at radius 3 is 2.86 bits per heavy atom. The SMILES string of the molecule is Cc1cnc(CN[C@H](C[C@@H]2CCOC2)c2ccccc2)o1. The number of nitrogens with zero attached hydrogens (tertiary/aromatic N) is 1. The standard InChI is InChI=1S/C17H22N2O2/c1-13-10-19-17(21-13)11-18-16(9-14-7-8-20-12-14)15-5-3-2-4-6-15/h2-6,10,14,16,18H,7-9,11-12H2,1H3/t14-,16+/m0/s1. The van der Waals surface area contributed by atoms with Crippen molar-refractivity contribution in [1.29, 1.82) is 0 Å². The summed E-state index contributed by atoms with van der Waals surface area (Å²) in [5.41, 5.74) is 1.31. The molecule has 1 aliphatic rings. The fourth-order valence-corrected chi connectivity index (χ4v) is 2.82. The third-order valence-corrected chi connectivity index (χ3v) is 3.96. The van der Waals surface area contributed by atoms with Gasteiger partial charge in [-0.25, -0.2) is 4.98 Å². The van der Waals surface area contributed by atoms with E-state index < -0.39 is 0 Å². The first-order valence-electron chi connectivity index (χ1n) is 7.58. The zero-order valence-electron chi connectivity index (χ0n) is 12.4. The number of oxazole rings is 1. The molecule has 4 nitrogen and oxygen atoms in total. The number of rotatable bonds is 6. The minimum absolute atomic E-state index is 0.310. The summed E-state index contributed by atoms with van der Waals surface area (Å²) in [7, 11) is 0. The lowest BCUT2D eigenvalue weighted by molar-refractivity contribution is 0.181. The first-order valence-corrected chi connectivity index (χ1v) is 7.58. The lowest BCUT2D eigenvalue weighted by Gasteiger charge is -2.21. The molecule has 1 aliphatic heterocycles.